The quantitative estimate of drug-likeness (QED) is 0.306. The molecule has 0 atom stereocenters. The fraction of sp³-hybridized carbons (Fsp3) is 0.207. The molecule has 0 radical (unpaired) electrons. The van der Waals surface area contributed by atoms with E-state index in [4.69, 9.17) is 9.47 Å². The van der Waals surface area contributed by atoms with Gasteiger partial charge in [-0.3, -0.25) is 9.59 Å². The summed E-state index contributed by atoms with van der Waals surface area (Å²) in [5.74, 6) is -0.0211. The lowest BCUT2D eigenvalue weighted by molar-refractivity contribution is -0.118. The molecule has 7 nitrogen and oxygen atoms in total. The molecular formula is C29H29N3O4. The summed E-state index contributed by atoms with van der Waals surface area (Å²) >= 11 is 0. The summed E-state index contributed by atoms with van der Waals surface area (Å²) in [4.78, 5) is 25.0. The zero-order valence-electron chi connectivity index (χ0n) is 20.8. The van der Waals surface area contributed by atoms with Gasteiger partial charge in [0.05, 0.1) is 6.61 Å². The Bertz CT molecular complexity index is 1320. The van der Waals surface area contributed by atoms with Crippen LogP contribution in [0.25, 0.3) is 6.08 Å². The Morgan fingerprint density at radius 3 is 2.31 bits per heavy atom. The van der Waals surface area contributed by atoms with Crippen LogP contribution in [0.4, 0.5) is 11.4 Å². The van der Waals surface area contributed by atoms with Gasteiger partial charge >= 0.3 is 0 Å². The summed E-state index contributed by atoms with van der Waals surface area (Å²) in [5, 5.41) is 15.1. The van der Waals surface area contributed by atoms with Gasteiger partial charge in [0.2, 0.25) is 0 Å². The van der Waals surface area contributed by atoms with Crippen molar-refractivity contribution in [1.82, 2.24) is 0 Å². The van der Waals surface area contributed by atoms with Gasteiger partial charge in [-0.25, -0.2) is 0 Å². The molecule has 184 valence electrons. The Balaban J connectivity index is 1.71. The molecule has 2 N–H and O–H groups in total. The van der Waals surface area contributed by atoms with Crippen molar-refractivity contribution in [3.05, 3.63) is 88.5 Å². The normalized spacial score (nSPS) is 10.8. The van der Waals surface area contributed by atoms with Crippen LogP contribution in [0.15, 0.2) is 66.2 Å². The maximum atomic E-state index is 12.6. The van der Waals surface area contributed by atoms with E-state index >= 15 is 0 Å². The summed E-state index contributed by atoms with van der Waals surface area (Å²) in [7, 11) is 0. The zero-order chi connectivity index (χ0) is 26.1. The Labute approximate surface area is 211 Å². The molecule has 0 fully saturated rings. The average Bonchev–Trinajstić information content (AvgIpc) is 2.85. The molecule has 0 saturated heterocycles. The van der Waals surface area contributed by atoms with Crippen LogP contribution in [0.5, 0.6) is 11.5 Å². The second kappa shape index (κ2) is 12.2. The number of carbonyl (C=O) groups excluding carboxylic acids is 2. The molecule has 0 aromatic heterocycles. The summed E-state index contributed by atoms with van der Waals surface area (Å²) < 4.78 is 11.4. The average molecular weight is 484 g/mol. The second-order valence-electron chi connectivity index (χ2n) is 8.28. The molecular weight excluding hydrogens is 454 g/mol. The van der Waals surface area contributed by atoms with Crippen LogP contribution in [0.1, 0.15) is 29.2 Å². The number of ether oxygens (including phenoxy) is 2. The maximum Gasteiger partial charge on any atom is 0.266 e. The number of hydrogen-bond acceptors (Lipinski definition) is 5. The highest BCUT2D eigenvalue weighted by Gasteiger charge is 2.13. The number of aryl methyl sites for hydroxylation is 3. The molecule has 3 rings (SSSR count). The standard InChI is InChI=1S/C29H29N3O4/c1-5-35-27-16-22(15-23(17-30)29(34)31-24-11-7-19(2)8-12-24)10-13-26(27)36-18-28(33)32-25-14-20(3)6-9-21(25)4/h6-16H,5,18H2,1-4H3,(H,31,34)(H,32,33)/b23-15-. The number of carbonyl (C=O) groups is 2. The van der Waals surface area contributed by atoms with Crippen LogP contribution in [0, 0.1) is 32.1 Å². The molecule has 0 bridgehead atoms. The summed E-state index contributed by atoms with van der Waals surface area (Å²) in [5.41, 5.74) is 4.94. The molecule has 0 saturated carbocycles. The number of rotatable bonds is 9. The number of benzene rings is 3. The lowest BCUT2D eigenvalue weighted by atomic mass is 10.1. The number of anilines is 2. The first-order chi connectivity index (χ1) is 17.3. The Morgan fingerprint density at radius 2 is 1.61 bits per heavy atom. The molecule has 3 aromatic carbocycles. The van der Waals surface area contributed by atoms with Gasteiger partial charge < -0.3 is 20.1 Å². The van der Waals surface area contributed by atoms with Gasteiger partial charge in [-0.15, -0.1) is 0 Å². The fourth-order valence-corrected chi connectivity index (χ4v) is 3.35. The first-order valence-corrected chi connectivity index (χ1v) is 11.6. The first kappa shape index (κ1) is 26.0. The zero-order valence-corrected chi connectivity index (χ0v) is 20.8. The molecule has 0 aliphatic rings. The first-order valence-electron chi connectivity index (χ1n) is 11.6. The van der Waals surface area contributed by atoms with Crippen molar-refractivity contribution >= 4 is 29.3 Å². The van der Waals surface area contributed by atoms with E-state index in [1.165, 1.54) is 6.08 Å². The smallest absolute Gasteiger partial charge is 0.266 e. The van der Waals surface area contributed by atoms with E-state index in [-0.39, 0.29) is 18.1 Å². The predicted molar refractivity (Wildman–Crippen MR) is 141 cm³/mol. The van der Waals surface area contributed by atoms with Gasteiger partial charge in [0, 0.05) is 11.4 Å². The molecule has 2 amide bonds. The van der Waals surface area contributed by atoms with Crippen molar-refractivity contribution in [3.63, 3.8) is 0 Å². The molecule has 0 spiro atoms. The second-order valence-corrected chi connectivity index (χ2v) is 8.28. The molecule has 7 heteroatoms. The van der Waals surface area contributed by atoms with Crippen molar-refractivity contribution in [1.29, 1.82) is 5.26 Å². The van der Waals surface area contributed by atoms with Crippen LogP contribution >= 0.6 is 0 Å². The molecule has 36 heavy (non-hydrogen) atoms. The van der Waals surface area contributed by atoms with Gasteiger partial charge in [0.15, 0.2) is 18.1 Å². The third-order valence-electron chi connectivity index (χ3n) is 5.28. The topological polar surface area (TPSA) is 100 Å². The van der Waals surface area contributed by atoms with Crippen molar-refractivity contribution < 1.29 is 19.1 Å². The van der Waals surface area contributed by atoms with Gasteiger partial charge in [-0.1, -0.05) is 35.9 Å². The van der Waals surface area contributed by atoms with Crippen molar-refractivity contribution in [2.75, 3.05) is 23.8 Å². The summed E-state index contributed by atoms with van der Waals surface area (Å²) in [6.07, 6.45) is 1.48. The van der Waals surface area contributed by atoms with Gasteiger partial charge in [-0.05, 0) is 80.8 Å². The van der Waals surface area contributed by atoms with Crippen LogP contribution in [-0.4, -0.2) is 25.0 Å². The SMILES string of the molecule is CCOc1cc(/C=C(/C#N)C(=O)Nc2ccc(C)cc2)ccc1OCC(=O)Nc1cc(C)ccc1C. The number of nitrogens with one attached hydrogen (secondary N) is 2. The van der Waals surface area contributed by atoms with Crippen LogP contribution in [-0.2, 0) is 9.59 Å². The number of nitriles is 1. The van der Waals surface area contributed by atoms with E-state index in [2.05, 4.69) is 10.6 Å². The largest absolute Gasteiger partial charge is 0.490 e. The van der Waals surface area contributed by atoms with Crippen LogP contribution < -0.4 is 20.1 Å². The van der Waals surface area contributed by atoms with Gasteiger partial charge in [0.1, 0.15) is 11.6 Å². The lowest BCUT2D eigenvalue weighted by Crippen LogP contribution is -2.21. The highest BCUT2D eigenvalue weighted by molar-refractivity contribution is 6.09. The predicted octanol–water partition coefficient (Wildman–Crippen LogP) is 5.57. The van der Waals surface area contributed by atoms with E-state index in [0.717, 1.165) is 22.4 Å². The molecule has 3 aromatic rings. The number of nitrogens with zero attached hydrogens (tertiary/aromatic N) is 1. The highest BCUT2D eigenvalue weighted by Crippen LogP contribution is 2.29. The third kappa shape index (κ3) is 7.21. The monoisotopic (exact) mass is 483 g/mol. The molecule has 0 aliphatic heterocycles. The third-order valence-corrected chi connectivity index (χ3v) is 5.28. The van der Waals surface area contributed by atoms with Crippen LogP contribution in [0.2, 0.25) is 0 Å². The minimum absolute atomic E-state index is 0.0559. The minimum atomic E-state index is -0.511. The Hall–Kier alpha value is -4.57. The number of hydrogen-bond donors (Lipinski definition) is 2. The fourth-order valence-electron chi connectivity index (χ4n) is 3.35. The van der Waals surface area contributed by atoms with E-state index in [1.54, 1.807) is 30.3 Å². The molecule has 0 aliphatic carbocycles. The summed E-state index contributed by atoms with van der Waals surface area (Å²) in [6, 6.07) is 20.1. The Morgan fingerprint density at radius 1 is 0.889 bits per heavy atom. The van der Waals surface area contributed by atoms with E-state index in [0.29, 0.717) is 29.4 Å². The van der Waals surface area contributed by atoms with Crippen molar-refractivity contribution in [2.24, 2.45) is 0 Å². The van der Waals surface area contributed by atoms with Crippen molar-refractivity contribution in [2.45, 2.75) is 27.7 Å². The van der Waals surface area contributed by atoms with E-state index < -0.39 is 5.91 Å². The van der Waals surface area contributed by atoms with E-state index in [1.807, 2.05) is 64.1 Å². The van der Waals surface area contributed by atoms with Crippen LogP contribution in [0.3, 0.4) is 0 Å². The lowest BCUT2D eigenvalue weighted by Gasteiger charge is -2.14. The molecule has 0 unspecified atom stereocenters. The van der Waals surface area contributed by atoms with Crippen molar-refractivity contribution in [3.8, 4) is 17.6 Å². The minimum Gasteiger partial charge on any atom is -0.490 e. The van der Waals surface area contributed by atoms with Gasteiger partial charge in [-0.2, -0.15) is 5.26 Å². The molecule has 0 heterocycles. The highest BCUT2D eigenvalue weighted by atomic mass is 16.5. The number of amides is 2. The Kier molecular flexibility index (Phi) is 8.84. The van der Waals surface area contributed by atoms with Gasteiger partial charge in [0.25, 0.3) is 11.8 Å². The van der Waals surface area contributed by atoms with E-state index in [9.17, 15) is 14.9 Å². The summed E-state index contributed by atoms with van der Waals surface area (Å²) in [6.45, 7) is 7.83. The maximum absolute atomic E-state index is 12.6.